The van der Waals surface area contributed by atoms with Gasteiger partial charge in [-0.3, -0.25) is 9.59 Å². The minimum absolute atomic E-state index is 0.0669. The molecular formula is C24H23N3O2S. The Labute approximate surface area is 180 Å². The molecule has 2 amide bonds. The number of pyridine rings is 1. The maximum absolute atomic E-state index is 12.5. The summed E-state index contributed by atoms with van der Waals surface area (Å²) in [6, 6.07) is 21.3. The number of carbonyl (C=O) groups is 2. The molecule has 1 N–H and O–H groups in total. The zero-order valence-electron chi connectivity index (χ0n) is 16.7. The third-order valence-corrected chi connectivity index (χ3v) is 6.15. The molecule has 0 unspecified atom stereocenters. The third kappa shape index (κ3) is 4.54. The first-order chi connectivity index (χ1) is 14.6. The van der Waals surface area contributed by atoms with Crippen LogP contribution >= 0.6 is 11.8 Å². The number of amides is 2. The molecule has 1 aliphatic rings. The molecule has 1 atom stereocenters. The van der Waals surface area contributed by atoms with Gasteiger partial charge in [-0.1, -0.05) is 61.2 Å². The number of nitrogens with zero attached hydrogens (tertiary/aromatic N) is 2. The van der Waals surface area contributed by atoms with Gasteiger partial charge < -0.3 is 10.2 Å². The summed E-state index contributed by atoms with van der Waals surface area (Å²) in [4.78, 5) is 31.0. The van der Waals surface area contributed by atoms with Crippen LogP contribution in [0.5, 0.6) is 0 Å². The molecule has 2 heterocycles. The van der Waals surface area contributed by atoms with E-state index >= 15 is 0 Å². The fraction of sp³-hybridized carbons (Fsp3) is 0.208. The minimum Gasteiger partial charge on any atom is -0.351 e. The Balaban J connectivity index is 1.38. The fourth-order valence-electron chi connectivity index (χ4n) is 3.41. The zero-order chi connectivity index (χ0) is 20.9. The average molecular weight is 418 g/mol. The quantitative estimate of drug-likeness (QED) is 0.651. The molecule has 1 aromatic heterocycles. The molecule has 0 fully saturated rings. The van der Waals surface area contributed by atoms with Crippen molar-refractivity contribution in [1.82, 2.24) is 10.3 Å². The molecule has 0 bridgehead atoms. The van der Waals surface area contributed by atoms with E-state index in [4.69, 9.17) is 0 Å². The van der Waals surface area contributed by atoms with E-state index in [1.807, 2.05) is 54.6 Å². The molecule has 2 aromatic carbocycles. The van der Waals surface area contributed by atoms with Gasteiger partial charge in [-0.15, -0.1) is 0 Å². The smallest absolute Gasteiger partial charge is 0.251 e. The number of aromatic nitrogens is 1. The van der Waals surface area contributed by atoms with Crippen molar-refractivity contribution in [3.05, 3.63) is 89.6 Å². The van der Waals surface area contributed by atoms with Gasteiger partial charge in [-0.25, -0.2) is 4.98 Å². The number of hydrogen-bond donors (Lipinski definition) is 1. The molecule has 0 saturated heterocycles. The van der Waals surface area contributed by atoms with Crippen LogP contribution in [0.4, 0.5) is 5.69 Å². The minimum atomic E-state index is -0.0932. The van der Waals surface area contributed by atoms with Crippen molar-refractivity contribution in [1.29, 1.82) is 0 Å². The summed E-state index contributed by atoms with van der Waals surface area (Å²) >= 11 is 1.47. The summed E-state index contributed by atoms with van der Waals surface area (Å²) in [5, 5.41) is 3.88. The van der Waals surface area contributed by atoms with Gasteiger partial charge in [0.05, 0.1) is 18.0 Å². The van der Waals surface area contributed by atoms with Gasteiger partial charge in [-0.2, -0.15) is 0 Å². The normalized spacial score (nSPS) is 14.2. The first-order valence-electron chi connectivity index (χ1n) is 9.92. The molecule has 5 nitrogen and oxygen atoms in total. The summed E-state index contributed by atoms with van der Waals surface area (Å²) in [7, 11) is 0. The second-order valence-corrected chi connectivity index (χ2v) is 8.28. The highest BCUT2D eigenvalue weighted by Gasteiger charge is 2.25. The molecule has 152 valence electrons. The van der Waals surface area contributed by atoms with Crippen LogP contribution in [0.1, 0.15) is 34.3 Å². The SMILES string of the molecule is C[C@@H](CNC(=O)c1ccc(CN2C(=O)CSc3ncccc32)cc1)c1ccccc1. The first-order valence-corrected chi connectivity index (χ1v) is 10.9. The number of fused-ring (bicyclic) bond motifs is 1. The maximum atomic E-state index is 12.5. The molecule has 30 heavy (non-hydrogen) atoms. The Morgan fingerprint density at radius 3 is 2.63 bits per heavy atom. The summed E-state index contributed by atoms with van der Waals surface area (Å²) in [5.74, 6) is 0.608. The summed E-state index contributed by atoms with van der Waals surface area (Å²) in [6.45, 7) is 3.14. The van der Waals surface area contributed by atoms with E-state index in [0.717, 1.165) is 16.3 Å². The third-order valence-electron chi connectivity index (χ3n) is 5.17. The van der Waals surface area contributed by atoms with Crippen LogP contribution in [0.25, 0.3) is 0 Å². The van der Waals surface area contributed by atoms with Crippen LogP contribution in [0.3, 0.4) is 0 Å². The molecule has 0 radical (unpaired) electrons. The highest BCUT2D eigenvalue weighted by Crippen LogP contribution is 2.34. The lowest BCUT2D eigenvalue weighted by Crippen LogP contribution is -2.35. The Hall–Kier alpha value is -3.12. The summed E-state index contributed by atoms with van der Waals surface area (Å²) in [5.41, 5.74) is 3.63. The van der Waals surface area contributed by atoms with Crippen LogP contribution in [0, 0.1) is 0 Å². The molecule has 1 aliphatic heterocycles. The van der Waals surface area contributed by atoms with E-state index in [9.17, 15) is 9.59 Å². The van der Waals surface area contributed by atoms with Crippen LogP contribution in [0.2, 0.25) is 0 Å². The van der Waals surface area contributed by atoms with Gasteiger partial charge in [0, 0.05) is 18.3 Å². The van der Waals surface area contributed by atoms with Crippen molar-refractivity contribution in [2.24, 2.45) is 0 Å². The number of thioether (sulfide) groups is 1. The standard InChI is InChI=1S/C24H23N3O2S/c1-17(19-6-3-2-4-7-19)14-26-23(29)20-11-9-18(10-12-20)15-27-21-8-5-13-25-24(21)30-16-22(27)28/h2-13,17H,14-16H2,1H3,(H,26,29)/t17-/m0/s1. The fourth-order valence-corrected chi connectivity index (χ4v) is 4.28. The van der Waals surface area contributed by atoms with Crippen molar-refractivity contribution < 1.29 is 9.59 Å². The van der Waals surface area contributed by atoms with Gasteiger partial charge in [0.2, 0.25) is 5.91 Å². The molecular weight excluding hydrogens is 394 g/mol. The number of hydrogen-bond acceptors (Lipinski definition) is 4. The number of anilines is 1. The topological polar surface area (TPSA) is 62.3 Å². The largest absolute Gasteiger partial charge is 0.351 e. The molecule has 0 aliphatic carbocycles. The van der Waals surface area contributed by atoms with Crippen molar-refractivity contribution in [2.45, 2.75) is 24.4 Å². The Bertz CT molecular complexity index is 1040. The maximum Gasteiger partial charge on any atom is 0.251 e. The Morgan fingerprint density at radius 1 is 1.10 bits per heavy atom. The van der Waals surface area contributed by atoms with Gasteiger partial charge >= 0.3 is 0 Å². The van der Waals surface area contributed by atoms with Gasteiger partial charge in [0.25, 0.3) is 5.91 Å². The predicted molar refractivity (Wildman–Crippen MR) is 120 cm³/mol. The summed E-state index contributed by atoms with van der Waals surface area (Å²) < 4.78 is 0. The van der Waals surface area contributed by atoms with E-state index < -0.39 is 0 Å². The van der Waals surface area contributed by atoms with Gasteiger partial charge in [0.15, 0.2) is 0 Å². The van der Waals surface area contributed by atoms with Gasteiger partial charge in [-0.05, 0) is 41.3 Å². The van der Waals surface area contributed by atoms with Crippen LogP contribution in [0.15, 0.2) is 78.0 Å². The van der Waals surface area contributed by atoms with Gasteiger partial charge in [0.1, 0.15) is 5.03 Å². The van der Waals surface area contributed by atoms with Crippen LogP contribution in [-0.4, -0.2) is 29.1 Å². The Kier molecular flexibility index (Phi) is 6.14. The molecule has 0 saturated carbocycles. The average Bonchev–Trinajstić information content (AvgIpc) is 2.80. The second kappa shape index (κ2) is 9.13. The number of rotatable bonds is 6. The monoisotopic (exact) mass is 417 g/mol. The van der Waals surface area contributed by atoms with Crippen molar-refractivity contribution >= 4 is 29.3 Å². The zero-order valence-corrected chi connectivity index (χ0v) is 17.6. The number of carbonyl (C=O) groups excluding carboxylic acids is 2. The van der Waals surface area contributed by atoms with Crippen molar-refractivity contribution in [2.75, 3.05) is 17.2 Å². The van der Waals surface area contributed by atoms with Crippen LogP contribution in [-0.2, 0) is 11.3 Å². The highest BCUT2D eigenvalue weighted by atomic mass is 32.2. The first kappa shape index (κ1) is 20.2. The Morgan fingerprint density at radius 2 is 1.87 bits per heavy atom. The van der Waals surface area contributed by atoms with Crippen LogP contribution < -0.4 is 10.2 Å². The van der Waals surface area contributed by atoms with E-state index in [-0.39, 0.29) is 17.7 Å². The molecule has 3 aromatic rings. The highest BCUT2D eigenvalue weighted by molar-refractivity contribution is 8.00. The lowest BCUT2D eigenvalue weighted by atomic mass is 10.0. The lowest BCUT2D eigenvalue weighted by Gasteiger charge is -2.28. The lowest BCUT2D eigenvalue weighted by molar-refractivity contribution is -0.116. The van der Waals surface area contributed by atoms with Crippen molar-refractivity contribution in [3.63, 3.8) is 0 Å². The molecule has 6 heteroatoms. The second-order valence-electron chi connectivity index (χ2n) is 7.31. The van der Waals surface area contributed by atoms with E-state index in [1.54, 1.807) is 11.1 Å². The number of benzene rings is 2. The van der Waals surface area contributed by atoms with E-state index in [1.165, 1.54) is 17.3 Å². The summed E-state index contributed by atoms with van der Waals surface area (Å²) in [6.07, 6.45) is 1.74. The molecule has 0 spiro atoms. The van der Waals surface area contributed by atoms with E-state index in [2.05, 4.69) is 29.4 Å². The predicted octanol–water partition coefficient (Wildman–Crippen LogP) is 4.25. The number of nitrogens with one attached hydrogen (secondary N) is 1. The molecule has 4 rings (SSSR count). The van der Waals surface area contributed by atoms with Crippen molar-refractivity contribution in [3.8, 4) is 0 Å². The van der Waals surface area contributed by atoms with E-state index in [0.29, 0.717) is 24.4 Å².